The molecular weight excluding hydrogens is 464 g/mol. The number of anilines is 1. The molecule has 5 rings (SSSR count). The molecule has 2 heterocycles. The summed E-state index contributed by atoms with van der Waals surface area (Å²) in [7, 11) is -3.89. The van der Waals surface area contributed by atoms with Gasteiger partial charge in [-0.3, -0.25) is 4.79 Å². The maximum Gasteiger partial charge on any atom is 0.266 e. The van der Waals surface area contributed by atoms with Crippen molar-refractivity contribution in [3.05, 3.63) is 89.5 Å². The monoisotopic (exact) mass is 490 g/mol. The van der Waals surface area contributed by atoms with Crippen molar-refractivity contribution in [2.45, 2.75) is 24.3 Å². The zero-order valence-corrected chi connectivity index (χ0v) is 20.1. The van der Waals surface area contributed by atoms with Gasteiger partial charge in [0.05, 0.1) is 24.1 Å². The molecule has 2 aliphatic heterocycles. The van der Waals surface area contributed by atoms with Gasteiger partial charge in [-0.1, -0.05) is 30.3 Å². The van der Waals surface area contributed by atoms with Crippen LogP contribution in [0.5, 0.6) is 5.75 Å². The van der Waals surface area contributed by atoms with Crippen LogP contribution < -0.4 is 15.4 Å². The van der Waals surface area contributed by atoms with Gasteiger partial charge in [-0.2, -0.15) is 0 Å². The highest BCUT2D eigenvalue weighted by Crippen LogP contribution is 2.34. The molecule has 3 aromatic carbocycles. The smallest absolute Gasteiger partial charge is 0.266 e. The topological polar surface area (TPSA) is 105 Å². The summed E-state index contributed by atoms with van der Waals surface area (Å²) in [5.74, 6) is 0.552. The fourth-order valence-corrected chi connectivity index (χ4v) is 5.90. The number of hydrogen-bond acceptors (Lipinski definition) is 6. The lowest BCUT2D eigenvalue weighted by atomic mass is 10.1. The molecule has 3 aromatic rings. The SMILES string of the molecule is CCOc1ccc(C(=O)N2CCc3cc(S(=O)(=O)N4C[C@H](c5ccccc5)N=C4N)ccc32)cc1. The van der Waals surface area contributed by atoms with Crippen molar-refractivity contribution in [2.75, 3.05) is 24.6 Å². The number of aliphatic imine (C=N–C) groups is 1. The number of guanidine groups is 1. The summed E-state index contributed by atoms with van der Waals surface area (Å²) in [6.07, 6.45) is 0.567. The van der Waals surface area contributed by atoms with Gasteiger partial charge in [0.2, 0.25) is 5.96 Å². The third-order valence-corrected chi connectivity index (χ3v) is 8.02. The first-order valence-corrected chi connectivity index (χ1v) is 12.9. The minimum absolute atomic E-state index is 0.0216. The van der Waals surface area contributed by atoms with Gasteiger partial charge in [-0.05, 0) is 66.9 Å². The van der Waals surface area contributed by atoms with E-state index in [1.807, 2.05) is 37.3 Å². The van der Waals surface area contributed by atoms with Crippen LogP contribution in [0.15, 0.2) is 82.7 Å². The molecule has 0 unspecified atom stereocenters. The first-order chi connectivity index (χ1) is 16.9. The van der Waals surface area contributed by atoms with Crippen molar-refractivity contribution in [1.82, 2.24) is 4.31 Å². The molecule has 0 saturated carbocycles. The Hall–Kier alpha value is -3.85. The summed E-state index contributed by atoms with van der Waals surface area (Å²) >= 11 is 0. The van der Waals surface area contributed by atoms with E-state index in [2.05, 4.69) is 4.99 Å². The van der Waals surface area contributed by atoms with E-state index in [-0.39, 0.29) is 29.3 Å². The van der Waals surface area contributed by atoms with Crippen molar-refractivity contribution in [2.24, 2.45) is 10.7 Å². The number of carbonyl (C=O) groups is 1. The molecule has 0 radical (unpaired) electrons. The molecule has 0 fully saturated rings. The number of benzene rings is 3. The Balaban J connectivity index is 1.36. The molecule has 0 saturated heterocycles. The highest BCUT2D eigenvalue weighted by molar-refractivity contribution is 7.89. The maximum absolute atomic E-state index is 13.4. The lowest BCUT2D eigenvalue weighted by Crippen LogP contribution is -2.39. The molecule has 9 heteroatoms. The highest BCUT2D eigenvalue weighted by Gasteiger charge is 2.35. The Morgan fingerprint density at radius 1 is 1.09 bits per heavy atom. The molecule has 8 nitrogen and oxygen atoms in total. The van der Waals surface area contributed by atoms with E-state index in [0.29, 0.717) is 36.6 Å². The summed E-state index contributed by atoms with van der Waals surface area (Å²) < 4.78 is 33.4. The van der Waals surface area contributed by atoms with E-state index in [1.165, 1.54) is 6.07 Å². The molecule has 0 spiro atoms. The van der Waals surface area contributed by atoms with Gasteiger partial charge in [-0.15, -0.1) is 0 Å². The minimum Gasteiger partial charge on any atom is -0.494 e. The van der Waals surface area contributed by atoms with Crippen molar-refractivity contribution in [3.8, 4) is 5.75 Å². The third kappa shape index (κ3) is 4.23. The normalized spacial score (nSPS) is 17.3. The fraction of sp³-hybridized carbons (Fsp3) is 0.231. The summed E-state index contributed by atoms with van der Waals surface area (Å²) in [5, 5.41) is 0. The van der Waals surface area contributed by atoms with Crippen LogP contribution in [0.2, 0.25) is 0 Å². The largest absolute Gasteiger partial charge is 0.494 e. The molecule has 1 amide bonds. The average Bonchev–Trinajstić information content (AvgIpc) is 3.48. The fourth-order valence-electron chi connectivity index (χ4n) is 4.48. The molecule has 2 aliphatic rings. The van der Waals surface area contributed by atoms with E-state index in [4.69, 9.17) is 10.5 Å². The number of carbonyl (C=O) groups excluding carboxylic acids is 1. The Bertz CT molecular complexity index is 1390. The molecule has 0 aliphatic carbocycles. The van der Waals surface area contributed by atoms with Gasteiger partial charge in [0.25, 0.3) is 15.9 Å². The van der Waals surface area contributed by atoms with Crippen LogP contribution in [-0.2, 0) is 16.4 Å². The second-order valence-corrected chi connectivity index (χ2v) is 10.3. The summed E-state index contributed by atoms with van der Waals surface area (Å²) in [4.78, 5) is 19.3. The molecular formula is C26H26N4O4S. The number of amides is 1. The Morgan fingerprint density at radius 3 is 2.54 bits per heavy atom. The minimum atomic E-state index is -3.89. The number of hydrogen-bond donors (Lipinski definition) is 1. The summed E-state index contributed by atoms with van der Waals surface area (Å²) in [6.45, 7) is 3.09. The lowest BCUT2D eigenvalue weighted by Gasteiger charge is -2.20. The number of nitrogens with two attached hydrogens (primary N) is 1. The maximum atomic E-state index is 13.4. The van der Waals surface area contributed by atoms with Crippen molar-refractivity contribution in [3.63, 3.8) is 0 Å². The molecule has 1 atom stereocenters. The third-order valence-electron chi connectivity index (χ3n) is 6.26. The van der Waals surface area contributed by atoms with Gasteiger partial charge in [0.1, 0.15) is 5.75 Å². The number of nitrogens with zero attached hydrogens (tertiary/aromatic N) is 3. The van der Waals surface area contributed by atoms with Crippen LogP contribution in [0.4, 0.5) is 5.69 Å². The zero-order chi connectivity index (χ0) is 24.6. The van der Waals surface area contributed by atoms with Crippen molar-refractivity contribution >= 4 is 27.6 Å². The lowest BCUT2D eigenvalue weighted by molar-refractivity contribution is 0.0989. The van der Waals surface area contributed by atoms with Crippen LogP contribution in [0.25, 0.3) is 0 Å². The Kier molecular flexibility index (Phi) is 5.94. The van der Waals surface area contributed by atoms with Gasteiger partial charge in [-0.25, -0.2) is 17.7 Å². The molecule has 0 aromatic heterocycles. The number of rotatable bonds is 6. The first-order valence-electron chi connectivity index (χ1n) is 11.5. The standard InChI is InChI=1S/C26H26N4O4S/c1-2-34-21-10-8-19(9-11-21)25(31)29-15-14-20-16-22(12-13-24(20)29)35(32,33)30-17-23(28-26(30)27)18-6-4-3-5-7-18/h3-13,16,23H,2,14-15,17H2,1H3,(H2,27,28)/t23-/m1/s1. The van der Waals surface area contributed by atoms with Crippen LogP contribution in [0.1, 0.15) is 34.5 Å². The van der Waals surface area contributed by atoms with Crippen LogP contribution >= 0.6 is 0 Å². The number of sulfonamides is 1. The summed E-state index contributed by atoms with van der Waals surface area (Å²) in [5.41, 5.74) is 9.01. The summed E-state index contributed by atoms with van der Waals surface area (Å²) in [6, 6.07) is 21.0. The van der Waals surface area contributed by atoms with E-state index in [0.717, 1.165) is 15.4 Å². The quantitative estimate of drug-likeness (QED) is 0.571. The van der Waals surface area contributed by atoms with Gasteiger partial charge in [0, 0.05) is 17.8 Å². The molecule has 2 N–H and O–H groups in total. The zero-order valence-electron chi connectivity index (χ0n) is 19.3. The second kappa shape index (κ2) is 9.07. The molecule has 0 bridgehead atoms. The van der Waals surface area contributed by atoms with Gasteiger partial charge in [0.15, 0.2) is 0 Å². The predicted octanol–water partition coefficient (Wildman–Crippen LogP) is 3.35. The van der Waals surface area contributed by atoms with E-state index in [9.17, 15) is 13.2 Å². The van der Waals surface area contributed by atoms with E-state index >= 15 is 0 Å². The van der Waals surface area contributed by atoms with Gasteiger partial charge >= 0.3 is 0 Å². The Labute approximate surface area is 204 Å². The first kappa shape index (κ1) is 22.9. The number of ether oxygens (including phenoxy) is 1. The van der Waals surface area contributed by atoms with Crippen LogP contribution in [0, 0.1) is 0 Å². The van der Waals surface area contributed by atoms with Crippen LogP contribution in [0.3, 0.4) is 0 Å². The predicted molar refractivity (Wildman–Crippen MR) is 134 cm³/mol. The molecule has 35 heavy (non-hydrogen) atoms. The van der Waals surface area contributed by atoms with E-state index in [1.54, 1.807) is 41.3 Å². The van der Waals surface area contributed by atoms with Crippen molar-refractivity contribution in [1.29, 1.82) is 0 Å². The highest BCUT2D eigenvalue weighted by atomic mass is 32.2. The Morgan fingerprint density at radius 2 is 1.83 bits per heavy atom. The number of fused-ring (bicyclic) bond motifs is 1. The average molecular weight is 491 g/mol. The van der Waals surface area contributed by atoms with E-state index < -0.39 is 10.0 Å². The van der Waals surface area contributed by atoms with Crippen LogP contribution in [-0.4, -0.2) is 44.3 Å². The van der Waals surface area contributed by atoms with Gasteiger partial charge < -0.3 is 15.4 Å². The molecule has 180 valence electrons. The second-order valence-electron chi connectivity index (χ2n) is 8.40. The van der Waals surface area contributed by atoms with Crippen molar-refractivity contribution < 1.29 is 17.9 Å².